The summed E-state index contributed by atoms with van der Waals surface area (Å²) in [6.45, 7) is 5.26. The fourth-order valence-corrected chi connectivity index (χ4v) is 2.65. The molecule has 0 radical (unpaired) electrons. The van der Waals surface area contributed by atoms with Gasteiger partial charge in [-0.25, -0.2) is 9.59 Å². The number of carboxylic acids is 1. The van der Waals surface area contributed by atoms with Crippen LogP contribution in [0.3, 0.4) is 0 Å². The summed E-state index contributed by atoms with van der Waals surface area (Å²) in [5.41, 5.74) is -0.247. The van der Waals surface area contributed by atoms with E-state index in [2.05, 4.69) is 10.1 Å². The number of aromatic nitrogens is 2. The van der Waals surface area contributed by atoms with Crippen LogP contribution in [0.15, 0.2) is 23.0 Å². The van der Waals surface area contributed by atoms with E-state index in [9.17, 15) is 14.7 Å². The van der Waals surface area contributed by atoms with Gasteiger partial charge in [0.2, 0.25) is 0 Å². The maximum atomic E-state index is 12.3. The predicted molar refractivity (Wildman–Crippen MR) is 85.2 cm³/mol. The van der Waals surface area contributed by atoms with E-state index in [1.807, 2.05) is 0 Å². The van der Waals surface area contributed by atoms with Gasteiger partial charge in [0.1, 0.15) is 17.7 Å². The molecule has 9 heteroatoms. The Hall–Kier alpha value is -2.84. The monoisotopic (exact) mass is 349 g/mol. The van der Waals surface area contributed by atoms with Crippen molar-refractivity contribution >= 4 is 23.0 Å². The molecular weight excluding hydrogens is 330 g/mol. The molecule has 2 aromatic rings. The lowest BCUT2D eigenvalue weighted by atomic mass is 10.2. The first-order valence-electron chi connectivity index (χ1n) is 7.83. The average molecular weight is 349 g/mol. The summed E-state index contributed by atoms with van der Waals surface area (Å²) < 4.78 is 16.2. The van der Waals surface area contributed by atoms with Crippen molar-refractivity contribution in [3.8, 4) is 5.88 Å². The summed E-state index contributed by atoms with van der Waals surface area (Å²) in [6, 6.07) is 0.677. The molecule has 2 atom stereocenters. The number of carboxylic acid groups (broad SMARTS) is 1. The highest BCUT2D eigenvalue weighted by Crippen LogP contribution is 2.29. The summed E-state index contributed by atoms with van der Waals surface area (Å²) in [6.07, 6.45) is 2.01. The van der Waals surface area contributed by atoms with Crippen molar-refractivity contribution < 1.29 is 28.7 Å². The minimum absolute atomic E-state index is 0.0886. The van der Waals surface area contributed by atoms with Crippen LogP contribution < -0.4 is 4.74 Å². The van der Waals surface area contributed by atoms with Gasteiger partial charge in [0.25, 0.3) is 5.88 Å². The molecule has 25 heavy (non-hydrogen) atoms. The molecule has 0 spiro atoms. The lowest BCUT2D eigenvalue weighted by molar-refractivity contribution is -0.142. The number of rotatable bonds is 3. The number of fused-ring (bicyclic) bond motifs is 1. The maximum absolute atomic E-state index is 12.3. The van der Waals surface area contributed by atoms with Crippen LogP contribution in [0, 0.1) is 0 Å². The van der Waals surface area contributed by atoms with E-state index in [-0.39, 0.29) is 18.8 Å². The molecule has 3 rings (SSSR count). The Morgan fingerprint density at radius 3 is 2.84 bits per heavy atom. The SMILES string of the molecule is CC(C)(C)OC(=O)N1C[C@H](Oc2noc3cnccc23)C[C@H]1C(=O)O. The van der Waals surface area contributed by atoms with Gasteiger partial charge in [-0.15, -0.1) is 0 Å². The van der Waals surface area contributed by atoms with Crippen molar-refractivity contribution in [1.82, 2.24) is 15.0 Å². The van der Waals surface area contributed by atoms with E-state index in [1.165, 1.54) is 11.1 Å². The minimum Gasteiger partial charge on any atom is -0.480 e. The highest BCUT2D eigenvalue weighted by atomic mass is 16.6. The van der Waals surface area contributed by atoms with Crippen molar-refractivity contribution in [2.75, 3.05) is 6.54 Å². The third kappa shape index (κ3) is 3.65. The van der Waals surface area contributed by atoms with Crippen molar-refractivity contribution in [3.05, 3.63) is 18.5 Å². The maximum Gasteiger partial charge on any atom is 0.411 e. The normalized spacial score (nSPS) is 20.7. The second kappa shape index (κ2) is 6.23. The van der Waals surface area contributed by atoms with Crippen LogP contribution >= 0.6 is 0 Å². The standard InChI is InChI=1S/C16H19N3O6/c1-16(2,3)24-15(22)19-8-9(6-11(19)14(20)21)23-13-10-4-5-17-7-12(10)25-18-13/h4-5,7,9,11H,6,8H2,1-3H3,(H,20,21)/t9-,11+/m1/s1. The Bertz CT molecular complexity index is 797. The molecule has 1 N–H and O–H groups in total. The van der Waals surface area contributed by atoms with E-state index < -0.39 is 29.8 Å². The molecule has 0 aromatic carbocycles. The van der Waals surface area contributed by atoms with Crippen LogP contribution in [0.1, 0.15) is 27.2 Å². The number of carbonyl (C=O) groups excluding carboxylic acids is 1. The van der Waals surface area contributed by atoms with Gasteiger partial charge in [-0.2, -0.15) is 0 Å². The third-order valence-corrected chi connectivity index (χ3v) is 3.70. The number of nitrogens with zero attached hydrogens (tertiary/aromatic N) is 3. The largest absolute Gasteiger partial charge is 0.480 e. The first-order chi connectivity index (χ1) is 11.7. The molecule has 1 fully saturated rings. The van der Waals surface area contributed by atoms with E-state index in [0.29, 0.717) is 11.0 Å². The van der Waals surface area contributed by atoms with Crippen molar-refractivity contribution in [1.29, 1.82) is 0 Å². The number of hydrogen-bond acceptors (Lipinski definition) is 7. The van der Waals surface area contributed by atoms with Crippen molar-refractivity contribution in [3.63, 3.8) is 0 Å². The minimum atomic E-state index is -1.11. The zero-order valence-corrected chi connectivity index (χ0v) is 14.1. The van der Waals surface area contributed by atoms with Crippen molar-refractivity contribution in [2.24, 2.45) is 0 Å². The first-order valence-corrected chi connectivity index (χ1v) is 7.83. The number of hydrogen-bond donors (Lipinski definition) is 1. The fourth-order valence-electron chi connectivity index (χ4n) is 2.65. The summed E-state index contributed by atoms with van der Waals surface area (Å²) in [7, 11) is 0. The van der Waals surface area contributed by atoms with E-state index >= 15 is 0 Å². The molecule has 134 valence electrons. The Morgan fingerprint density at radius 2 is 2.16 bits per heavy atom. The zero-order valence-electron chi connectivity index (χ0n) is 14.1. The molecule has 1 aliphatic rings. The van der Waals surface area contributed by atoms with Crippen LogP contribution in [-0.4, -0.2) is 56.5 Å². The van der Waals surface area contributed by atoms with Crippen LogP contribution in [0.2, 0.25) is 0 Å². The van der Waals surface area contributed by atoms with Crippen LogP contribution in [-0.2, 0) is 9.53 Å². The fraction of sp³-hybridized carbons (Fsp3) is 0.500. The van der Waals surface area contributed by atoms with Gasteiger partial charge in [0, 0.05) is 12.6 Å². The molecular formula is C16H19N3O6. The van der Waals surface area contributed by atoms with Gasteiger partial charge in [0.05, 0.1) is 18.1 Å². The van der Waals surface area contributed by atoms with Crippen LogP contribution in [0.5, 0.6) is 5.88 Å². The summed E-state index contributed by atoms with van der Waals surface area (Å²) in [4.78, 5) is 28.9. The highest BCUT2D eigenvalue weighted by molar-refractivity contribution is 5.82. The Morgan fingerprint density at radius 1 is 1.40 bits per heavy atom. The van der Waals surface area contributed by atoms with Gasteiger partial charge in [-0.05, 0) is 32.0 Å². The predicted octanol–water partition coefficient (Wildman–Crippen LogP) is 2.06. The summed E-state index contributed by atoms with van der Waals surface area (Å²) in [5.74, 6) is -0.858. The Kier molecular flexibility index (Phi) is 4.23. The Labute approximate surface area is 143 Å². The summed E-state index contributed by atoms with van der Waals surface area (Å²) in [5, 5.41) is 13.9. The molecule has 9 nitrogen and oxygen atoms in total. The third-order valence-electron chi connectivity index (χ3n) is 3.70. The molecule has 0 unspecified atom stereocenters. The number of carbonyl (C=O) groups is 2. The topological polar surface area (TPSA) is 115 Å². The molecule has 2 aromatic heterocycles. The molecule has 0 aliphatic carbocycles. The molecule has 0 saturated carbocycles. The quantitative estimate of drug-likeness (QED) is 0.895. The number of pyridine rings is 1. The van der Waals surface area contributed by atoms with Crippen molar-refractivity contribution in [2.45, 2.75) is 44.9 Å². The van der Waals surface area contributed by atoms with Crippen LogP contribution in [0.25, 0.3) is 11.0 Å². The van der Waals surface area contributed by atoms with Gasteiger partial charge < -0.3 is 19.1 Å². The lowest BCUT2D eigenvalue weighted by Crippen LogP contribution is -2.43. The lowest BCUT2D eigenvalue weighted by Gasteiger charge is -2.26. The number of ether oxygens (including phenoxy) is 2. The number of amides is 1. The average Bonchev–Trinajstić information content (AvgIpc) is 3.11. The Balaban J connectivity index is 1.76. The molecule has 1 saturated heterocycles. The van der Waals surface area contributed by atoms with E-state index in [0.717, 1.165) is 0 Å². The molecule has 0 bridgehead atoms. The second-order valence-electron chi connectivity index (χ2n) is 6.82. The van der Waals surface area contributed by atoms with E-state index in [1.54, 1.807) is 33.0 Å². The molecule has 1 amide bonds. The second-order valence-corrected chi connectivity index (χ2v) is 6.82. The van der Waals surface area contributed by atoms with Crippen LogP contribution in [0.4, 0.5) is 4.79 Å². The first kappa shape index (κ1) is 17.0. The molecule has 1 aliphatic heterocycles. The highest BCUT2D eigenvalue weighted by Gasteiger charge is 2.43. The zero-order chi connectivity index (χ0) is 18.2. The van der Waals surface area contributed by atoms with Gasteiger partial charge in [-0.1, -0.05) is 0 Å². The van der Waals surface area contributed by atoms with Gasteiger partial charge in [0.15, 0.2) is 5.58 Å². The van der Waals surface area contributed by atoms with Gasteiger partial charge in [-0.3, -0.25) is 9.88 Å². The van der Waals surface area contributed by atoms with Gasteiger partial charge >= 0.3 is 12.1 Å². The van der Waals surface area contributed by atoms with E-state index in [4.69, 9.17) is 14.0 Å². The summed E-state index contributed by atoms with van der Waals surface area (Å²) >= 11 is 0. The number of likely N-dealkylation sites (tertiary alicyclic amines) is 1. The smallest absolute Gasteiger partial charge is 0.411 e. The number of aliphatic carboxylic acids is 1. The molecule has 3 heterocycles.